The molecule has 24 heavy (non-hydrogen) atoms. The van der Waals surface area contributed by atoms with E-state index in [1.54, 1.807) is 24.3 Å². The van der Waals surface area contributed by atoms with Crippen molar-refractivity contribution in [3.8, 4) is 5.75 Å². The molecule has 0 unspecified atom stereocenters. The number of hydrogen-bond donors (Lipinski definition) is 2. The Hall–Kier alpha value is -2.42. The zero-order valence-corrected chi connectivity index (χ0v) is 14.1. The molecule has 8 heteroatoms. The van der Waals surface area contributed by atoms with Crippen LogP contribution >= 0.6 is 0 Å². The lowest BCUT2D eigenvalue weighted by Crippen LogP contribution is -2.22. The Balaban J connectivity index is 2.07. The van der Waals surface area contributed by atoms with Crippen molar-refractivity contribution in [3.63, 3.8) is 0 Å². The summed E-state index contributed by atoms with van der Waals surface area (Å²) in [7, 11) is -2.54. The topological polar surface area (TPSA) is 93.7 Å². The first-order valence-corrected chi connectivity index (χ1v) is 8.63. The molecule has 0 aliphatic heterocycles. The molecule has 2 aromatic rings. The van der Waals surface area contributed by atoms with E-state index in [1.165, 1.54) is 31.4 Å². The highest BCUT2D eigenvalue weighted by Crippen LogP contribution is 2.17. The van der Waals surface area contributed by atoms with Gasteiger partial charge in [-0.15, -0.1) is 0 Å². The maximum Gasteiger partial charge on any atom is 0.262 e. The van der Waals surface area contributed by atoms with Gasteiger partial charge >= 0.3 is 0 Å². The molecule has 0 saturated carbocycles. The summed E-state index contributed by atoms with van der Waals surface area (Å²) < 4.78 is 28.8. The Morgan fingerprint density at radius 1 is 1.04 bits per heavy atom. The van der Waals surface area contributed by atoms with E-state index in [4.69, 9.17) is 4.74 Å². The second kappa shape index (κ2) is 7.91. The predicted octanol–water partition coefficient (Wildman–Crippen LogP) is 2.18. The van der Waals surface area contributed by atoms with Crippen molar-refractivity contribution >= 4 is 21.6 Å². The highest BCUT2D eigenvalue weighted by atomic mass is 32.2. The van der Waals surface area contributed by atoms with Crippen molar-refractivity contribution in [1.29, 1.82) is 0 Å². The van der Waals surface area contributed by atoms with Crippen LogP contribution in [-0.4, -0.2) is 28.0 Å². The second-order valence-corrected chi connectivity index (χ2v) is 6.37. The largest absolute Gasteiger partial charge is 0.494 e. The van der Waals surface area contributed by atoms with Crippen molar-refractivity contribution in [1.82, 2.24) is 4.89 Å². The minimum absolute atomic E-state index is 0.00182. The standard InChI is InChI=1S/C16H18N2O5S/c1-3-23-14-8-6-13(7-9-14)17-16(19)12-4-10-15(11-5-12)24(20,21)18-22-2/h4-11,18H,3H2,1-2H3,(H,17,19). The van der Waals surface area contributed by atoms with Gasteiger partial charge in [-0.3, -0.25) is 9.63 Å². The summed E-state index contributed by atoms with van der Waals surface area (Å²) in [6.45, 7) is 2.46. The minimum atomic E-state index is -3.74. The van der Waals surface area contributed by atoms with Crippen LogP contribution < -0.4 is 14.9 Å². The Kier molecular flexibility index (Phi) is 5.91. The molecule has 1 amide bonds. The van der Waals surface area contributed by atoms with Crippen LogP contribution in [0.15, 0.2) is 53.4 Å². The smallest absolute Gasteiger partial charge is 0.262 e. The Morgan fingerprint density at radius 2 is 1.67 bits per heavy atom. The first kappa shape index (κ1) is 17.9. The first-order valence-electron chi connectivity index (χ1n) is 7.15. The number of carbonyl (C=O) groups is 1. The maximum absolute atomic E-state index is 12.2. The van der Waals surface area contributed by atoms with Gasteiger partial charge in [0.15, 0.2) is 0 Å². The molecule has 0 spiro atoms. The fourth-order valence-electron chi connectivity index (χ4n) is 1.95. The predicted molar refractivity (Wildman–Crippen MR) is 89.3 cm³/mol. The lowest BCUT2D eigenvalue weighted by atomic mass is 10.2. The molecular formula is C16H18N2O5S. The maximum atomic E-state index is 12.2. The SMILES string of the molecule is CCOc1ccc(NC(=O)c2ccc(S(=O)(=O)NOC)cc2)cc1. The summed E-state index contributed by atoms with van der Waals surface area (Å²) in [4.78, 5) is 18.5. The van der Waals surface area contributed by atoms with Crippen LogP contribution in [0.5, 0.6) is 5.75 Å². The number of rotatable bonds is 7. The number of anilines is 1. The first-order chi connectivity index (χ1) is 11.5. The van der Waals surface area contributed by atoms with Crippen LogP contribution in [0, 0.1) is 0 Å². The number of amides is 1. The number of ether oxygens (including phenoxy) is 1. The quantitative estimate of drug-likeness (QED) is 0.747. The van der Waals surface area contributed by atoms with Crippen molar-refractivity contribution < 1.29 is 22.8 Å². The van der Waals surface area contributed by atoms with E-state index < -0.39 is 10.0 Å². The van der Waals surface area contributed by atoms with Crippen molar-refractivity contribution in [2.75, 3.05) is 19.0 Å². The van der Waals surface area contributed by atoms with Crippen LogP contribution in [0.25, 0.3) is 0 Å². The molecule has 0 aromatic heterocycles. The average Bonchev–Trinajstić information content (AvgIpc) is 2.57. The van der Waals surface area contributed by atoms with E-state index in [1.807, 2.05) is 11.8 Å². The summed E-state index contributed by atoms with van der Waals surface area (Å²) in [5.41, 5.74) is 0.946. The van der Waals surface area contributed by atoms with Gasteiger partial charge in [0.2, 0.25) is 0 Å². The second-order valence-electron chi connectivity index (χ2n) is 4.73. The summed E-state index contributed by atoms with van der Waals surface area (Å²) in [6.07, 6.45) is 0. The number of sulfonamides is 1. The normalized spacial score (nSPS) is 11.1. The molecule has 0 radical (unpaired) electrons. The van der Waals surface area contributed by atoms with Crippen molar-refractivity contribution in [2.45, 2.75) is 11.8 Å². The fourth-order valence-corrected chi connectivity index (χ4v) is 2.76. The summed E-state index contributed by atoms with van der Waals surface area (Å²) in [6, 6.07) is 12.5. The molecule has 0 aliphatic rings. The molecule has 0 aliphatic carbocycles. The minimum Gasteiger partial charge on any atom is -0.494 e. The lowest BCUT2D eigenvalue weighted by molar-refractivity contribution is 0.102. The highest BCUT2D eigenvalue weighted by molar-refractivity contribution is 7.89. The van der Waals surface area contributed by atoms with Gasteiger partial charge in [-0.2, -0.15) is 0 Å². The van der Waals surface area contributed by atoms with E-state index in [0.717, 1.165) is 5.75 Å². The highest BCUT2D eigenvalue weighted by Gasteiger charge is 2.14. The van der Waals surface area contributed by atoms with Crippen molar-refractivity contribution in [3.05, 3.63) is 54.1 Å². The molecule has 7 nitrogen and oxygen atoms in total. The molecule has 2 rings (SSSR count). The Labute approximate surface area is 140 Å². The molecule has 0 fully saturated rings. The van der Waals surface area contributed by atoms with E-state index in [9.17, 15) is 13.2 Å². The number of nitrogens with one attached hydrogen (secondary N) is 2. The summed E-state index contributed by atoms with van der Waals surface area (Å²) in [5, 5.41) is 2.73. The number of carbonyl (C=O) groups excluding carboxylic acids is 1. The monoisotopic (exact) mass is 350 g/mol. The van der Waals surface area contributed by atoms with Crippen LogP contribution in [-0.2, 0) is 14.9 Å². The molecular weight excluding hydrogens is 332 g/mol. The van der Waals surface area contributed by atoms with Crippen molar-refractivity contribution in [2.24, 2.45) is 0 Å². The molecule has 0 bridgehead atoms. The lowest BCUT2D eigenvalue weighted by Gasteiger charge is -2.08. The van der Waals surface area contributed by atoms with E-state index >= 15 is 0 Å². The van der Waals surface area contributed by atoms with E-state index in [2.05, 4.69) is 10.2 Å². The van der Waals surface area contributed by atoms with Crippen LogP contribution in [0.1, 0.15) is 17.3 Å². The van der Waals surface area contributed by atoms with E-state index in [0.29, 0.717) is 17.9 Å². The van der Waals surface area contributed by atoms with Gasteiger partial charge in [-0.1, -0.05) is 4.89 Å². The zero-order chi connectivity index (χ0) is 17.6. The molecule has 0 atom stereocenters. The molecule has 0 saturated heterocycles. The fraction of sp³-hybridized carbons (Fsp3) is 0.188. The van der Waals surface area contributed by atoms with E-state index in [-0.39, 0.29) is 10.8 Å². The third-order valence-corrected chi connectivity index (χ3v) is 4.32. The third kappa shape index (κ3) is 4.54. The van der Waals surface area contributed by atoms with Gasteiger partial charge in [0.05, 0.1) is 18.6 Å². The van der Waals surface area contributed by atoms with Gasteiger partial charge in [0, 0.05) is 11.3 Å². The van der Waals surface area contributed by atoms with Gasteiger partial charge in [-0.25, -0.2) is 8.42 Å². The third-order valence-electron chi connectivity index (χ3n) is 3.04. The Morgan fingerprint density at radius 3 is 2.21 bits per heavy atom. The number of benzene rings is 2. The van der Waals surface area contributed by atoms with Gasteiger partial charge in [0.1, 0.15) is 5.75 Å². The molecule has 0 heterocycles. The molecule has 128 valence electrons. The summed E-state index contributed by atoms with van der Waals surface area (Å²) in [5.74, 6) is 0.374. The van der Waals surface area contributed by atoms with Gasteiger partial charge in [-0.05, 0) is 55.5 Å². The van der Waals surface area contributed by atoms with Gasteiger partial charge in [0.25, 0.3) is 15.9 Å². The molecule has 2 aromatic carbocycles. The van der Waals surface area contributed by atoms with Gasteiger partial charge < -0.3 is 10.1 Å². The van der Waals surface area contributed by atoms with Crippen LogP contribution in [0.3, 0.4) is 0 Å². The Bertz CT molecular complexity index is 786. The summed E-state index contributed by atoms with van der Waals surface area (Å²) >= 11 is 0. The average molecular weight is 350 g/mol. The van der Waals surface area contributed by atoms with Crippen LogP contribution in [0.4, 0.5) is 5.69 Å². The molecule has 2 N–H and O–H groups in total. The van der Waals surface area contributed by atoms with Crippen LogP contribution in [0.2, 0.25) is 0 Å². The number of hydrogen-bond acceptors (Lipinski definition) is 5. The zero-order valence-electron chi connectivity index (χ0n) is 13.3.